The second-order valence-corrected chi connectivity index (χ2v) is 4.67. The fraction of sp³-hybridized carbons (Fsp3) is 0.700. The standard InChI is InChI=1S/C10H16O3S/c1-8(10(11)12)4-7-14-9-2-5-13-6-3-9/h4,9H,2-3,5-7H2,1H3,(H,11,12). The Morgan fingerprint density at radius 2 is 2.21 bits per heavy atom. The van der Waals surface area contributed by atoms with E-state index < -0.39 is 5.97 Å². The molecular weight excluding hydrogens is 200 g/mol. The molecule has 80 valence electrons. The molecule has 1 heterocycles. The number of aliphatic carboxylic acids is 1. The highest BCUT2D eigenvalue weighted by atomic mass is 32.2. The van der Waals surface area contributed by atoms with Crippen molar-refractivity contribution in [3.63, 3.8) is 0 Å². The molecule has 0 aromatic heterocycles. The van der Waals surface area contributed by atoms with Crippen molar-refractivity contribution in [2.45, 2.75) is 25.0 Å². The summed E-state index contributed by atoms with van der Waals surface area (Å²) in [6.45, 7) is 3.32. The predicted molar refractivity (Wildman–Crippen MR) is 57.7 cm³/mol. The molecule has 0 bridgehead atoms. The van der Waals surface area contributed by atoms with Crippen molar-refractivity contribution in [1.29, 1.82) is 0 Å². The average molecular weight is 216 g/mol. The van der Waals surface area contributed by atoms with Crippen LogP contribution in [-0.4, -0.2) is 35.3 Å². The number of hydrogen-bond donors (Lipinski definition) is 1. The van der Waals surface area contributed by atoms with Crippen LogP contribution in [0.4, 0.5) is 0 Å². The van der Waals surface area contributed by atoms with E-state index in [-0.39, 0.29) is 0 Å². The van der Waals surface area contributed by atoms with Gasteiger partial charge in [-0.05, 0) is 19.8 Å². The third kappa shape index (κ3) is 4.15. The number of carboxylic acids is 1. The van der Waals surface area contributed by atoms with Crippen LogP contribution < -0.4 is 0 Å². The summed E-state index contributed by atoms with van der Waals surface area (Å²) >= 11 is 1.82. The van der Waals surface area contributed by atoms with Crippen LogP contribution in [0.1, 0.15) is 19.8 Å². The fourth-order valence-corrected chi connectivity index (χ4v) is 2.38. The van der Waals surface area contributed by atoms with Crippen molar-refractivity contribution in [3.05, 3.63) is 11.6 Å². The molecule has 0 saturated carbocycles. The Hall–Kier alpha value is -0.480. The van der Waals surface area contributed by atoms with Crippen LogP contribution in [0.5, 0.6) is 0 Å². The first-order chi connectivity index (χ1) is 6.70. The van der Waals surface area contributed by atoms with E-state index in [0.717, 1.165) is 31.8 Å². The number of thioether (sulfide) groups is 1. The minimum absolute atomic E-state index is 0.435. The van der Waals surface area contributed by atoms with Gasteiger partial charge in [0.15, 0.2) is 0 Å². The van der Waals surface area contributed by atoms with E-state index in [0.29, 0.717) is 10.8 Å². The lowest BCUT2D eigenvalue weighted by Crippen LogP contribution is -2.17. The van der Waals surface area contributed by atoms with Crippen molar-refractivity contribution in [1.82, 2.24) is 0 Å². The van der Waals surface area contributed by atoms with Gasteiger partial charge in [0.1, 0.15) is 0 Å². The first kappa shape index (κ1) is 11.6. The lowest BCUT2D eigenvalue weighted by Gasteiger charge is -2.20. The molecule has 1 N–H and O–H groups in total. The van der Waals surface area contributed by atoms with Crippen LogP contribution in [-0.2, 0) is 9.53 Å². The van der Waals surface area contributed by atoms with Crippen LogP contribution in [0, 0.1) is 0 Å². The number of ether oxygens (including phenoxy) is 1. The molecular formula is C10H16O3S. The van der Waals surface area contributed by atoms with E-state index in [4.69, 9.17) is 9.84 Å². The van der Waals surface area contributed by atoms with Crippen LogP contribution in [0.15, 0.2) is 11.6 Å². The molecule has 0 aromatic carbocycles. The lowest BCUT2D eigenvalue weighted by molar-refractivity contribution is -0.132. The number of carboxylic acid groups (broad SMARTS) is 1. The molecule has 0 aliphatic carbocycles. The number of hydrogen-bond acceptors (Lipinski definition) is 3. The highest BCUT2D eigenvalue weighted by Gasteiger charge is 2.13. The lowest BCUT2D eigenvalue weighted by atomic mass is 10.2. The van der Waals surface area contributed by atoms with Gasteiger partial charge >= 0.3 is 5.97 Å². The monoisotopic (exact) mass is 216 g/mol. The van der Waals surface area contributed by atoms with Gasteiger partial charge in [-0.1, -0.05) is 6.08 Å². The molecule has 1 fully saturated rings. The van der Waals surface area contributed by atoms with E-state index >= 15 is 0 Å². The van der Waals surface area contributed by atoms with Crippen molar-refractivity contribution < 1.29 is 14.6 Å². The molecule has 1 rings (SSSR count). The predicted octanol–water partition coefficient (Wildman–Crippen LogP) is 1.93. The molecule has 0 amide bonds. The summed E-state index contributed by atoms with van der Waals surface area (Å²) in [5.74, 6) is -0.0272. The van der Waals surface area contributed by atoms with Gasteiger partial charge in [-0.3, -0.25) is 0 Å². The Morgan fingerprint density at radius 1 is 1.57 bits per heavy atom. The molecule has 3 nitrogen and oxygen atoms in total. The summed E-state index contributed by atoms with van der Waals surface area (Å²) in [6, 6.07) is 0. The third-order valence-electron chi connectivity index (χ3n) is 2.23. The smallest absolute Gasteiger partial charge is 0.330 e. The van der Waals surface area contributed by atoms with Gasteiger partial charge in [0, 0.05) is 29.8 Å². The normalized spacial score (nSPS) is 19.6. The molecule has 14 heavy (non-hydrogen) atoms. The zero-order valence-corrected chi connectivity index (χ0v) is 9.18. The van der Waals surface area contributed by atoms with Gasteiger partial charge in [0.05, 0.1) is 0 Å². The molecule has 4 heteroatoms. The molecule has 0 spiro atoms. The fourth-order valence-electron chi connectivity index (χ4n) is 1.24. The first-order valence-electron chi connectivity index (χ1n) is 4.79. The van der Waals surface area contributed by atoms with Gasteiger partial charge < -0.3 is 9.84 Å². The first-order valence-corrected chi connectivity index (χ1v) is 5.84. The Bertz CT molecular complexity index is 219. The summed E-state index contributed by atoms with van der Waals surface area (Å²) in [6.07, 6.45) is 3.96. The quantitative estimate of drug-likeness (QED) is 0.729. The summed E-state index contributed by atoms with van der Waals surface area (Å²) in [5, 5.41) is 9.26. The highest BCUT2D eigenvalue weighted by Crippen LogP contribution is 2.22. The molecule has 1 aliphatic rings. The maximum absolute atomic E-state index is 10.5. The van der Waals surface area contributed by atoms with Crippen LogP contribution >= 0.6 is 11.8 Å². The Kier molecular flexibility index (Phi) is 5.04. The zero-order chi connectivity index (χ0) is 10.4. The third-order valence-corrected chi connectivity index (χ3v) is 3.53. The summed E-state index contributed by atoms with van der Waals surface area (Å²) in [4.78, 5) is 10.5. The van der Waals surface area contributed by atoms with Gasteiger partial charge in [0.2, 0.25) is 0 Å². The Balaban J connectivity index is 2.19. The van der Waals surface area contributed by atoms with Crippen LogP contribution in [0.3, 0.4) is 0 Å². The maximum Gasteiger partial charge on any atom is 0.330 e. The largest absolute Gasteiger partial charge is 0.478 e. The Labute approximate surface area is 88.5 Å². The number of rotatable bonds is 4. The van der Waals surface area contributed by atoms with E-state index in [1.54, 1.807) is 13.0 Å². The van der Waals surface area contributed by atoms with Crippen molar-refractivity contribution in [2.24, 2.45) is 0 Å². The van der Waals surface area contributed by atoms with E-state index in [2.05, 4.69) is 0 Å². The molecule has 0 radical (unpaired) electrons. The topological polar surface area (TPSA) is 46.5 Å². The van der Waals surface area contributed by atoms with Crippen molar-refractivity contribution in [3.8, 4) is 0 Å². The maximum atomic E-state index is 10.5. The minimum atomic E-state index is -0.822. The molecule has 0 unspecified atom stereocenters. The summed E-state index contributed by atoms with van der Waals surface area (Å²) in [7, 11) is 0. The second kappa shape index (κ2) is 6.09. The molecule has 1 saturated heterocycles. The van der Waals surface area contributed by atoms with Crippen LogP contribution in [0.2, 0.25) is 0 Å². The van der Waals surface area contributed by atoms with E-state index in [9.17, 15) is 4.79 Å². The second-order valence-electron chi connectivity index (χ2n) is 3.34. The molecule has 1 aliphatic heterocycles. The van der Waals surface area contributed by atoms with E-state index in [1.165, 1.54) is 0 Å². The molecule has 0 aromatic rings. The van der Waals surface area contributed by atoms with Gasteiger partial charge in [-0.15, -0.1) is 0 Å². The average Bonchev–Trinajstić information content (AvgIpc) is 2.19. The van der Waals surface area contributed by atoms with Gasteiger partial charge in [0.25, 0.3) is 0 Å². The minimum Gasteiger partial charge on any atom is -0.478 e. The van der Waals surface area contributed by atoms with E-state index in [1.807, 2.05) is 11.8 Å². The van der Waals surface area contributed by atoms with Crippen molar-refractivity contribution in [2.75, 3.05) is 19.0 Å². The highest BCUT2D eigenvalue weighted by molar-refractivity contribution is 8.00. The van der Waals surface area contributed by atoms with Gasteiger partial charge in [-0.25, -0.2) is 4.79 Å². The SMILES string of the molecule is CC(=CCSC1CCOCC1)C(=O)O. The zero-order valence-electron chi connectivity index (χ0n) is 8.36. The summed E-state index contributed by atoms with van der Waals surface area (Å²) < 4.78 is 5.24. The Morgan fingerprint density at radius 3 is 2.79 bits per heavy atom. The number of carbonyl (C=O) groups is 1. The van der Waals surface area contributed by atoms with Crippen molar-refractivity contribution >= 4 is 17.7 Å². The van der Waals surface area contributed by atoms with Gasteiger partial charge in [-0.2, -0.15) is 11.8 Å². The summed E-state index contributed by atoms with van der Waals surface area (Å²) in [5.41, 5.74) is 0.435. The molecule has 0 atom stereocenters. The van der Waals surface area contributed by atoms with Crippen LogP contribution in [0.25, 0.3) is 0 Å².